The normalized spacial score (nSPS) is 11.1. The van der Waals surface area contributed by atoms with Crippen LogP contribution in [0.4, 0.5) is 30.6 Å². The summed E-state index contributed by atoms with van der Waals surface area (Å²) in [6, 6.07) is 16.7. The highest BCUT2D eigenvalue weighted by atomic mass is 19.4. The van der Waals surface area contributed by atoms with Gasteiger partial charge in [-0.3, -0.25) is 0 Å². The highest BCUT2D eigenvalue weighted by molar-refractivity contribution is 5.68. The SMILES string of the molecule is CNc1nc(Nc2ccccc2)cc(-c2cccc(OC(F)(F)F)c2)n1. The third-order valence-corrected chi connectivity index (χ3v) is 3.36. The maximum atomic E-state index is 12.4. The molecular formula is C18H15F3N4O. The zero-order valence-electron chi connectivity index (χ0n) is 13.7. The molecule has 3 aromatic rings. The van der Waals surface area contributed by atoms with Crippen LogP contribution >= 0.6 is 0 Å². The quantitative estimate of drug-likeness (QED) is 0.683. The first-order valence-electron chi connectivity index (χ1n) is 7.68. The fourth-order valence-corrected chi connectivity index (χ4v) is 2.29. The van der Waals surface area contributed by atoms with Crippen LogP contribution in [0.2, 0.25) is 0 Å². The molecule has 1 aromatic heterocycles. The van der Waals surface area contributed by atoms with Crippen LogP contribution in [0.15, 0.2) is 60.7 Å². The molecule has 5 nitrogen and oxygen atoms in total. The zero-order chi connectivity index (χ0) is 18.6. The van der Waals surface area contributed by atoms with Crippen LogP contribution in [0, 0.1) is 0 Å². The second kappa shape index (κ2) is 7.30. The Kier molecular flexibility index (Phi) is 4.92. The number of halogens is 3. The average molecular weight is 360 g/mol. The van der Waals surface area contributed by atoms with Gasteiger partial charge in [-0.25, -0.2) is 4.98 Å². The molecule has 0 aliphatic rings. The molecule has 0 aliphatic heterocycles. The summed E-state index contributed by atoms with van der Waals surface area (Å²) in [5.41, 5.74) is 1.76. The van der Waals surface area contributed by atoms with Gasteiger partial charge in [-0.2, -0.15) is 4.98 Å². The molecule has 8 heteroatoms. The highest BCUT2D eigenvalue weighted by Gasteiger charge is 2.31. The molecule has 0 unspecified atom stereocenters. The van der Waals surface area contributed by atoms with E-state index in [0.717, 1.165) is 5.69 Å². The number of ether oxygens (including phenoxy) is 1. The molecule has 0 aliphatic carbocycles. The second-order valence-electron chi connectivity index (χ2n) is 5.28. The van der Waals surface area contributed by atoms with Gasteiger partial charge in [0.05, 0.1) is 5.69 Å². The summed E-state index contributed by atoms with van der Waals surface area (Å²) in [7, 11) is 1.66. The van der Waals surface area contributed by atoms with Gasteiger partial charge in [0.1, 0.15) is 11.6 Å². The number of para-hydroxylation sites is 1. The minimum Gasteiger partial charge on any atom is -0.406 e. The molecule has 0 spiro atoms. The summed E-state index contributed by atoms with van der Waals surface area (Å²) in [5.74, 6) is 0.535. The van der Waals surface area contributed by atoms with Gasteiger partial charge in [0.15, 0.2) is 0 Å². The molecule has 2 N–H and O–H groups in total. The summed E-state index contributed by atoms with van der Waals surface area (Å²) in [4.78, 5) is 8.61. The van der Waals surface area contributed by atoms with Crippen molar-refractivity contribution in [3.8, 4) is 17.0 Å². The summed E-state index contributed by atoms with van der Waals surface area (Å²) >= 11 is 0. The number of benzene rings is 2. The van der Waals surface area contributed by atoms with Crippen molar-refractivity contribution in [1.29, 1.82) is 0 Å². The topological polar surface area (TPSA) is 59.1 Å². The smallest absolute Gasteiger partial charge is 0.406 e. The Morgan fingerprint density at radius 1 is 0.923 bits per heavy atom. The van der Waals surface area contributed by atoms with E-state index in [-0.39, 0.29) is 5.75 Å². The standard InChI is InChI=1S/C18H15F3N4O/c1-22-17-24-15(11-16(25-17)23-13-7-3-2-4-8-13)12-6-5-9-14(10-12)26-18(19,20)21/h2-11H,1H3,(H2,22,23,24,25). The van der Waals surface area contributed by atoms with Crippen LogP contribution in [0.1, 0.15) is 0 Å². The van der Waals surface area contributed by atoms with Crippen LogP contribution in [-0.4, -0.2) is 23.4 Å². The third kappa shape index (κ3) is 4.62. The largest absolute Gasteiger partial charge is 0.573 e. The second-order valence-corrected chi connectivity index (χ2v) is 5.28. The summed E-state index contributed by atoms with van der Waals surface area (Å²) in [5, 5.41) is 5.98. The molecule has 0 bridgehead atoms. The summed E-state index contributed by atoms with van der Waals surface area (Å²) in [6.45, 7) is 0. The van der Waals surface area contributed by atoms with E-state index >= 15 is 0 Å². The number of nitrogens with zero attached hydrogens (tertiary/aromatic N) is 2. The molecule has 0 saturated heterocycles. The van der Waals surface area contributed by atoms with Crippen LogP contribution in [0.3, 0.4) is 0 Å². The fraction of sp³-hybridized carbons (Fsp3) is 0.111. The van der Waals surface area contributed by atoms with E-state index in [1.807, 2.05) is 30.3 Å². The Morgan fingerprint density at radius 2 is 1.69 bits per heavy atom. The van der Waals surface area contributed by atoms with Gasteiger partial charge < -0.3 is 15.4 Å². The van der Waals surface area contributed by atoms with Crippen molar-refractivity contribution < 1.29 is 17.9 Å². The van der Waals surface area contributed by atoms with E-state index in [4.69, 9.17) is 0 Å². The van der Waals surface area contributed by atoms with Crippen molar-refractivity contribution in [3.63, 3.8) is 0 Å². The first kappa shape index (κ1) is 17.5. The number of rotatable bonds is 5. The lowest BCUT2D eigenvalue weighted by molar-refractivity contribution is -0.274. The molecular weight excluding hydrogens is 345 g/mol. The van der Waals surface area contributed by atoms with Crippen molar-refractivity contribution >= 4 is 17.5 Å². The molecule has 0 amide bonds. The minimum absolute atomic E-state index is 0.308. The van der Waals surface area contributed by atoms with E-state index in [9.17, 15) is 13.2 Å². The first-order chi connectivity index (χ1) is 12.4. The Bertz CT molecular complexity index is 885. The van der Waals surface area contributed by atoms with Crippen molar-refractivity contribution in [3.05, 3.63) is 60.7 Å². The lowest BCUT2D eigenvalue weighted by Gasteiger charge is -2.12. The third-order valence-electron chi connectivity index (χ3n) is 3.36. The molecule has 1 heterocycles. The van der Waals surface area contributed by atoms with Crippen LogP contribution in [0.25, 0.3) is 11.3 Å². The van der Waals surface area contributed by atoms with Crippen molar-refractivity contribution in [1.82, 2.24) is 9.97 Å². The van der Waals surface area contributed by atoms with E-state index < -0.39 is 6.36 Å². The van der Waals surface area contributed by atoms with E-state index in [1.54, 1.807) is 19.2 Å². The lowest BCUT2D eigenvalue weighted by atomic mass is 10.1. The fourth-order valence-electron chi connectivity index (χ4n) is 2.29. The maximum absolute atomic E-state index is 12.4. The predicted molar refractivity (Wildman–Crippen MR) is 93.4 cm³/mol. The Balaban J connectivity index is 1.94. The van der Waals surface area contributed by atoms with E-state index in [0.29, 0.717) is 23.0 Å². The Labute approximate surface area is 147 Å². The minimum atomic E-state index is -4.75. The molecule has 0 radical (unpaired) electrons. The van der Waals surface area contributed by atoms with Crippen molar-refractivity contribution in [2.24, 2.45) is 0 Å². The zero-order valence-corrected chi connectivity index (χ0v) is 13.7. The van der Waals surface area contributed by atoms with Crippen molar-refractivity contribution in [2.75, 3.05) is 17.7 Å². The Morgan fingerprint density at radius 3 is 2.38 bits per heavy atom. The predicted octanol–water partition coefficient (Wildman–Crippen LogP) is 4.83. The van der Waals surface area contributed by atoms with Crippen molar-refractivity contribution in [2.45, 2.75) is 6.36 Å². The summed E-state index contributed by atoms with van der Waals surface area (Å²) < 4.78 is 41.3. The average Bonchev–Trinajstić information content (AvgIpc) is 2.61. The van der Waals surface area contributed by atoms with Gasteiger partial charge in [-0.05, 0) is 24.3 Å². The number of hydrogen-bond donors (Lipinski definition) is 2. The molecule has 0 atom stereocenters. The van der Waals surface area contributed by atoms with Gasteiger partial charge in [0, 0.05) is 24.4 Å². The monoisotopic (exact) mass is 360 g/mol. The molecule has 0 fully saturated rings. The maximum Gasteiger partial charge on any atom is 0.573 e. The molecule has 2 aromatic carbocycles. The number of anilines is 3. The first-order valence-corrected chi connectivity index (χ1v) is 7.68. The van der Waals surface area contributed by atoms with Gasteiger partial charge in [0.2, 0.25) is 5.95 Å². The summed E-state index contributed by atoms with van der Waals surface area (Å²) in [6.07, 6.45) is -4.75. The van der Waals surface area contributed by atoms with E-state index in [1.165, 1.54) is 18.2 Å². The molecule has 134 valence electrons. The number of alkyl halides is 3. The molecule has 3 rings (SSSR count). The van der Waals surface area contributed by atoms with Gasteiger partial charge in [-0.1, -0.05) is 30.3 Å². The van der Waals surface area contributed by atoms with Crippen LogP contribution < -0.4 is 15.4 Å². The number of nitrogens with one attached hydrogen (secondary N) is 2. The van der Waals surface area contributed by atoms with Crippen LogP contribution in [-0.2, 0) is 0 Å². The van der Waals surface area contributed by atoms with E-state index in [2.05, 4.69) is 25.3 Å². The van der Waals surface area contributed by atoms with Gasteiger partial charge >= 0.3 is 6.36 Å². The lowest BCUT2D eigenvalue weighted by Crippen LogP contribution is -2.17. The van der Waals surface area contributed by atoms with Gasteiger partial charge in [-0.15, -0.1) is 13.2 Å². The highest BCUT2D eigenvalue weighted by Crippen LogP contribution is 2.29. The molecule has 0 saturated carbocycles. The van der Waals surface area contributed by atoms with Crippen LogP contribution in [0.5, 0.6) is 5.75 Å². The molecule has 26 heavy (non-hydrogen) atoms. The number of hydrogen-bond acceptors (Lipinski definition) is 5. The Hall–Kier alpha value is -3.29. The van der Waals surface area contributed by atoms with Gasteiger partial charge in [0.25, 0.3) is 0 Å². The number of aromatic nitrogens is 2.